The van der Waals surface area contributed by atoms with Gasteiger partial charge in [0.25, 0.3) is 0 Å². The minimum atomic E-state index is -4.38. The van der Waals surface area contributed by atoms with Crippen molar-refractivity contribution in [2.75, 3.05) is 6.61 Å². The SMILES string of the molecule is CCOC(=O)NC1(C(F)(F)F)CC1.[HH]. The number of alkyl carbamates (subject to hydrolysis) is 1. The average Bonchev–Trinajstić information content (AvgIpc) is 2.67. The van der Waals surface area contributed by atoms with Crippen LogP contribution in [0.4, 0.5) is 18.0 Å². The van der Waals surface area contributed by atoms with Gasteiger partial charge in [-0.05, 0) is 19.8 Å². The normalized spacial score (nSPS) is 19.4. The van der Waals surface area contributed by atoms with E-state index in [-0.39, 0.29) is 20.9 Å². The number of nitrogens with one attached hydrogen (secondary N) is 1. The summed E-state index contributed by atoms with van der Waals surface area (Å²) in [4.78, 5) is 10.7. The van der Waals surface area contributed by atoms with E-state index >= 15 is 0 Å². The number of halogens is 3. The van der Waals surface area contributed by atoms with Crippen molar-refractivity contribution in [1.82, 2.24) is 5.32 Å². The molecule has 0 radical (unpaired) electrons. The monoisotopic (exact) mass is 199 g/mol. The lowest BCUT2D eigenvalue weighted by Crippen LogP contribution is -2.48. The lowest BCUT2D eigenvalue weighted by molar-refractivity contribution is -0.164. The van der Waals surface area contributed by atoms with Crippen LogP contribution in [-0.4, -0.2) is 24.4 Å². The quantitative estimate of drug-likeness (QED) is 0.739. The Morgan fingerprint density at radius 3 is 2.46 bits per heavy atom. The van der Waals surface area contributed by atoms with Gasteiger partial charge in [-0.15, -0.1) is 0 Å². The highest BCUT2D eigenvalue weighted by Crippen LogP contribution is 2.48. The van der Waals surface area contributed by atoms with Crippen molar-refractivity contribution in [2.24, 2.45) is 0 Å². The van der Waals surface area contributed by atoms with E-state index in [1.165, 1.54) is 6.92 Å². The van der Waals surface area contributed by atoms with Gasteiger partial charge in [0.15, 0.2) is 0 Å². The van der Waals surface area contributed by atoms with Crippen molar-refractivity contribution in [2.45, 2.75) is 31.5 Å². The van der Waals surface area contributed by atoms with Gasteiger partial charge in [0.2, 0.25) is 0 Å². The van der Waals surface area contributed by atoms with E-state index in [1.54, 1.807) is 0 Å². The molecule has 0 aromatic heterocycles. The Morgan fingerprint density at radius 2 is 2.15 bits per heavy atom. The van der Waals surface area contributed by atoms with E-state index in [2.05, 4.69) is 4.74 Å². The van der Waals surface area contributed by atoms with Crippen LogP contribution in [0.15, 0.2) is 0 Å². The third-order valence-electron chi connectivity index (χ3n) is 1.91. The van der Waals surface area contributed by atoms with E-state index in [1.807, 2.05) is 5.32 Å². The summed E-state index contributed by atoms with van der Waals surface area (Å²) in [5, 5.41) is 1.82. The van der Waals surface area contributed by atoms with Gasteiger partial charge in [0.1, 0.15) is 5.54 Å². The molecule has 1 amide bonds. The molecule has 0 aromatic carbocycles. The van der Waals surface area contributed by atoms with Gasteiger partial charge in [0.05, 0.1) is 6.61 Å². The number of hydrogen-bond acceptors (Lipinski definition) is 2. The van der Waals surface area contributed by atoms with E-state index in [0.717, 1.165) is 0 Å². The third kappa shape index (κ3) is 2.05. The number of ether oxygens (including phenoxy) is 1. The van der Waals surface area contributed by atoms with Crippen molar-refractivity contribution >= 4 is 6.09 Å². The summed E-state index contributed by atoms with van der Waals surface area (Å²) < 4.78 is 41.0. The molecule has 1 aliphatic rings. The lowest BCUT2D eigenvalue weighted by atomic mass is 10.3. The Bertz CT molecular complexity index is 215. The Labute approximate surface area is 74.7 Å². The first-order chi connectivity index (χ1) is 5.91. The van der Waals surface area contributed by atoms with Crippen LogP contribution < -0.4 is 5.32 Å². The van der Waals surface area contributed by atoms with Crippen LogP contribution in [0.1, 0.15) is 21.2 Å². The van der Waals surface area contributed by atoms with Gasteiger partial charge in [-0.1, -0.05) is 0 Å². The first kappa shape index (κ1) is 10.1. The Kier molecular flexibility index (Phi) is 2.40. The second-order valence-electron chi connectivity index (χ2n) is 2.93. The van der Waals surface area contributed by atoms with E-state index < -0.39 is 17.8 Å². The molecular formula is C7H12F3NO2. The summed E-state index contributed by atoms with van der Waals surface area (Å²) in [5.41, 5.74) is -2.01. The zero-order chi connectivity index (χ0) is 10.1. The maximum absolute atomic E-state index is 12.2. The van der Waals surface area contributed by atoms with Gasteiger partial charge in [-0.25, -0.2) is 4.79 Å². The molecule has 0 aromatic rings. The summed E-state index contributed by atoms with van der Waals surface area (Å²) in [6.45, 7) is 1.60. The summed E-state index contributed by atoms with van der Waals surface area (Å²) in [6.07, 6.45) is -5.50. The molecule has 0 aliphatic heterocycles. The molecular weight excluding hydrogens is 187 g/mol. The van der Waals surface area contributed by atoms with Crippen LogP contribution in [0.2, 0.25) is 0 Å². The highest BCUT2D eigenvalue weighted by molar-refractivity contribution is 5.69. The molecule has 6 heteroatoms. The van der Waals surface area contributed by atoms with Crippen molar-refractivity contribution in [3.8, 4) is 0 Å². The second-order valence-corrected chi connectivity index (χ2v) is 2.93. The molecule has 0 saturated heterocycles. The molecule has 1 rings (SSSR count). The Hall–Kier alpha value is -0.940. The molecule has 0 spiro atoms. The number of carbonyl (C=O) groups is 1. The molecule has 1 N–H and O–H groups in total. The Balaban J connectivity index is 0.00000169. The van der Waals surface area contributed by atoms with Crippen LogP contribution in [0.25, 0.3) is 0 Å². The number of hydrogen-bond donors (Lipinski definition) is 1. The number of alkyl halides is 3. The fourth-order valence-electron chi connectivity index (χ4n) is 0.967. The maximum atomic E-state index is 12.2. The smallest absolute Gasteiger partial charge is 0.411 e. The molecule has 0 atom stereocenters. The summed E-state index contributed by atoms with van der Waals surface area (Å²) in [7, 11) is 0. The molecule has 1 fully saturated rings. The summed E-state index contributed by atoms with van der Waals surface area (Å²) >= 11 is 0. The minimum absolute atomic E-state index is 0. The standard InChI is InChI=1S/C7H10F3NO2.H2/c1-2-13-5(12)11-6(3-4-6)7(8,9)10;/h2-4H2,1H3,(H,11,12);1H. The van der Waals surface area contributed by atoms with Crippen LogP contribution in [-0.2, 0) is 4.74 Å². The first-order valence-electron chi connectivity index (χ1n) is 3.93. The zero-order valence-electron chi connectivity index (χ0n) is 7.07. The van der Waals surface area contributed by atoms with E-state index in [9.17, 15) is 18.0 Å². The van der Waals surface area contributed by atoms with Crippen molar-refractivity contribution in [1.29, 1.82) is 0 Å². The summed E-state index contributed by atoms with van der Waals surface area (Å²) in [6, 6.07) is 0. The third-order valence-corrected chi connectivity index (χ3v) is 1.91. The van der Waals surface area contributed by atoms with Gasteiger partial charge in [0, 0.05) is 1.43 Å². The van der Waals surface area contributed by atoms with Gasteiger partial charge >= 0.3 is 12.3 Å². The van der Waals surface area contributed by atoms with Gasteiger partial charge < -0.3 is 10.1 Å². The van der Waals surface area contributed by atoms with Gasteiger partial charge in [-0.3, -0.25) is 0 Å². The van der Waals surface area contributed by atoms with Crippen LogP contribution in [0, 0.1) is 0 Å². The molecule has 78 valence electrons. The van der Waals surface area contributed by atoms with Crippen molar-refractivity contribution in [3.05, 3.63) is 0 Å². The highest BCUT2D eigenvalue weighted by atomic mass is 19.4. The van der Waals surface area contributed by atoms with Crippen LogP contribution in [0.3, 0.4) is 0 Å². The van der Waals surface area contributed by atoms with E-state index in [4.69, 9.17) is 0 Å². The lowest BCUT2D eigenvalue weighted by Gasteiger charge is -2.19. The predicted molar refractivity (Wildman–Crippen MR) is 40.3 cm³/mol. The molecule has 13 heavy (non-hydrogen) atoms. The zero-order valence-corrected chi connectivity index (χ0v) is 7.07. The molecule has 3 nitrogen and oxygen atoms in total. The molecule has 1 saturated carbocycles. The summed E-state index contributed by atoms with van der Waals surface area (Å²) in [5.74, 6) is 0. The topological polar surface area (TPSA) is 38.3 Å². The molecule has 0 bridgehead atoms. The number of rotatable bonds is 2. The van der Waals surface area contributed by atoms with Gasteiger partial charge in [-0.2, -0.15) is 13.2 Å². The highest BCUT2D eigenvalue weighted by Gasteiger charge is 2.64. The Morgan fingerprint density at radius 1 is 1.62 bits per heavy atom. The molecule has 0 unspecified atom stereocenters. The number of carbonyl (C=O) groups excluding carboxylic acids is 1. The fraction of sp³-hybridized carbons (Fsp3) is 0.857. The molecule has 0 heterocycles. The predicted octanol–water partition coefficient (Wildman–Crippen LogP) is 2.07. The average molecular weight is 199 g/mol. The largest absolute Gasteiger partial charge is 0.450 e. The first-order valence-corrected chi connectivity index (χ1v) is 3.93. The second kappa shape index (κ2) is 3.08. The van der Waals surface area contributed by atoms with Crippen molar-refractivity contribution in [3.63, 3.8) is 0 Å². The molecule has 1 aliphatic carbocycles. The van der Waals surface area contributed by atoms with Crippen LogP contribution in [0.5, 0.6) is 0 Å². The van der Waals surface area contributed by atoms with E-state index in [0.29, 0.717) is 0 Å². The van der Waals surface area contributed by atoms with Crippen molar-refractivity contribution < 1.29 is 24.1 Å². The maximum Gasteiger partial charge on any atom is 0.411 e. The fourth-order valence-corrected chi connectivity index (χ4v) is 0.967. The minimum Gasteiger partial charge on any atom is -0.450 e. The number of amides is 1. The van der Waals surface area contributed by atoms with Crippen LogP contribution >= 0.6 is 0 Å².